The lowest BCUT2D eigenvalue weighted by molar-refractivity contribution is -0.141. The van der Waals surface area contributed by atoms with Gasteiger partial charge in [-0.2, -0.15) is 0 Å². The first-order valence-corrected chi connectivity index (χ1v) is 6.11. The number of hydrogen-bond donors (Lipinski definition) is 2. The van der Waals surface area contributed by atoms with Crippen LogP contribution in [0.3, 0.4) is 0 Å². The molecular formula is C12H21NO3. The van der Waals surface area contributed by atoms with Crippen LogP contribution in [0.5, 0.6) is 0 Å². The fraction of sp³-hybridized carbons (Fsp3) is 0.833. The van der Waals surface area contributed by atoms with Crippen molar-refractivity contribution < 1.29 is 14.7 Å². The summed E-state index contributed by atoms with van der Waals surface area (Å²) in [7, 11) is 0. The largest absolute Gasteiger partial charge is 0.481 e. The van der Waals surface area contributed by atoms with Crippen molar-refractivity contribution in [2.75, 3.05) is 0 Å². The molecule has 0 aromatic carbocycles. The van der Waals surface area contributed by atoms with E-state index in [1.165, 1.54) is 0 Å². The Kier molecular flexibility index (Phi) is 4.77. The van der Waals surface area contributed by atoms with Gasteiger partial charge in [-0.25, -0.2) is 0 Å². The molecule has 1 amide bonds. The zero-order chi connectivity index (χ0) is 12.1. The molecule has 2 unspecified atom stereocenters. The molecule has 0 heterocycles. The maximum Gasteiger partial charge on any atom is 0.306 e. The van der Waals surface area contributed by atoms with Gasteiger partial charge in [0.15, 0.2) is 0 Å². The first-order valence-electron chi connectivity index (χ1n) is 6.11. The lowest BCUT2D eigenvalue weighted by atomic mass is 10.0. The minimum absolute atomic E-state index is 0.0393. The van der Waals surface area contributed by atoms with E-state index in [0.717, 1.165) is 12.8 Å². The van der Waals surface area contributed by atoms with E-state index >= 15 is 0 Å². The summed E-state index contributed by atoms with van der Waals surface area (Å²) in [4.78, 5) is 22.6. The van der Waals surface area contributed by atoms with Crippen molar-refractivity contribution in [2.45, 2.75) is 52.0 Å². The minimum Gasteiger partial charge on any atom is -0.481 e. The Labute approximate surface area is 96.4 Å². The molecule has 0 bridgehead atoms. The summed E-state index contributed by atoms with van der Waals surface area (Å²) >= 11 is 0. The Morgan fingerprint density at radius 2 is 1.81 bits per heavy atom. The molecule has 4 heteroatoms. The van der Waals surface area contributed by atoms with Crippen LogP contribution in [0.2, 0.25) is 0 Å². The van der Waals surface area contributed by atoms with Crippen LogP contribution < -0.4 is 5.32 Å². The second-order valence-electron chi connectivity index (χ2n) is 4.57. The summed E-state index contributed by atoms with van der Waals surface area (Å²) < 4.78 is 0. The van der Waals surface area contributed by atoms with Crippen molar-refractivity contribution >= 4 is 11.9 Å². The topological polar surface area (TPSA) is 66.4 Å². The van der Waals surface area contributed by atoms with Crippen molar-refractivity contribution in [2.24, 2.45) is 11.8 Å². The van der Waals surface area contributed by atoms with Crippen molar-refractivity contribution in [3.63, 3.8) is 0 Å². The third kappa shape index (κ3) is 3.22. The number of amides is 1. The highest BCUT2D eigenvalue weighted by Gasteiger charge is 2.34. The molecule has 2 atom stereocenters. The zero-order valence-corrected chi connectivity index (χ0v) is 10.0. The molecule has 0 radical (unpaired) electrons. The van der Waals surface area contributed by atoms with Crippen LogP contribution in [0.25, 0.3) is 0 Å². The van der Waals surface area contributed by atoms with Crippen LogP contribution in [0.15, 0.2) is 0 Å². The molecule has 1 fully saturated rings. The number of carbonyl (C=O) groups is 2. The van der Waals surface area contributed by atoms with Gasteiger partial charge in [0.05, 0.1) is 5.92 Å². The first kappa shape index (κ1) is 13.0. The molecule has 0 aromatic rings. The van der Waals surface area contributed by atoms with E-state index in [1.807, 2.05) is 13.8 Å². The molecule has 2 N–H and O–H groups in total. The smallest absolute Gasteiger partial charge is 0.306 e. The predicted molar refractivity (Wildman–Crippen MR) is 61.0 cm³/mol. The summed E-state index contributed by atoms with van der Waals surface area (Å²) in [6, 6.07) is 0.233. The third-order valence-corrected chi connectivity index (χ3v) is 3.48. The quantitative estimate of drug-likeness (QED) is 0.752. The fourth-order valence-electron chi connectivity index (χ4n) is 2.26. The van der Waals surface area contributed by atoms with Gasteiger partial charge in [-0.05, 0) is 32.1 Å². The summed E-state index contributed by atoms with van der Waals surface area (Å²) in [5.74, 6) is -1.14. The molecule has 1 saturated carbocycles. The molecular weight excluding hydrogens is 206 g/mol. The van der Waals surface area contributed by atoms with E-state index in [9.17, 15) is 9.59 Å². The summed E-state index contributed by atoms with van der Waals surface area (Å²) in [5.41, 5.74) is 0. The number of carbonyl (C=O) groups excluding carboxylic acids is 1. The standard InChI is InChI=1S/C12H21NO3/c1-3-10(4-2)13-11(14)8-5-6-9(7-8)12(15)16/h8-10H,3-7H2,1-2H3,(H,13,14)(H,15,16). The van der Waals surface area contributed by atoms with E-state index in [1.54, 1.807) is 0 Å². The van der Waals surface area contributed by atoms with Gasteiger partial charge >= 0.3 is 5.97 Å². The number of hydrogen-bond acceptors (Lipinski definition) is 2. The lowest BCUT2D eigenvalue weighted by Crippen LogP contribution is -2.37. The number of carboxylic acid groups (broad SMARTS) is 1. The summed E-state index contributed by atoms with van der Waals surface area (Å²) in [6.07, 6.45) is 3.70. The lowest BCUT2D eigenvalue weighted by Gasteiger charge is -2.17. The highest BCUT2D eigenvalue weighted by molar-refractivity contribution is 5.81. The average Bonchev–Trinajstić information content (AvgIpc) is 2.74. The number of nitrogens with one attached hydrogen (secondary N) is 1. The van der Waals surface area contributed by atoms with Crippen LogP contribution in [-0.2, 0) is 9.59 Å². The SMILES string of the molecule is CCC(CC)NC(=O)C1CCC(C(=O)O)C1. The number of carboxylic acids is 1. The Balaban J connectivity index is 2.41. The maximum atomic E-state index is 11.8. The maximum absolute atomic E-state index is 11.8. The van der Waals surface area contributed by atoms with Crippen molar-refractivity contribution in [3.05, 3.63) is 0 Å². The Morgan fingerprint density at radius 1 is 1.25 bits per heavy atom. The summed E-state index contributed by atoms with van der Waals surface area (Å²) in [6.45, 7) is 4.09. The van der Waals surface area contributed by atoms with E-state index < -0.39 is 5.97 Å². The van der Waals surface area contributed by atoms with E-state index in [4.69, 9.17) is 5.11 Å². The molecule has 92 valence electrons. The van der Waals surface area contributed by atoms with Crippen LogP contribution in [-0.4, -0.2) is 23.0 Å². The van der Waals surface area contributed by atoms with Crippen molar-refractivity contribution in [1.82, 2.24) is 5.32 Å². The molecule has 0 aliphatic heterocycles. The van der Waals surface area contributed by atoms with Gasteiger partial charge in [0.25, 0.3) is 0 Å². The van der Waals surface area contributed by atoms with Gasteiger partial charge in [0, 0.05) is 12.0 Å². The Hall–Kier alpha value is -1.06. The normalized spacial score (nSPS) is 24.7. The molecule has 0 spiro atoms. The van der Waals surface area contributed by atoms with Gasteiger partial charge in [0.1, 0.15) is 0 Å². The molecule has 1 rings (SSSR count). The number of aliphatic carboxylic acids is 1. The highest BCUT2D eigenvalue weighted by atomic mass is 16.4. The van der Waals surface area contributed by atoms with Gasteiger partial charge < -0.3 is 10.4 Å². The van der Waals surface area contributed by atoms with Crippen LogP contribution in [0, 0.1) is 11.8 Å². The minimum atomic E-state index is -0.766. The highest BCUT2D eigenvalue weighted by Crippen LogP contribution is 2.31. The van der Waals surface area contributed by atoms with Gasteiger partial charge in [-0.3, -0.25) is 9.59 Å². The van der Waals surface area contributed by atoms with E-state index in [-0.39, 0.29) is 23.8 Å². The Bertz CT molecular complexity index is 261. The fourth-order valence-corrected chi connectivity index (χ4v) is 2.26. The molecule has 1 aliphatic rings. The molecule has 0 aromatic heterocycles. The van der Waals surface area contributed by atoms with Crippen molar-refractivity contribution in [1.29, 1.82) is 0 Å². The predicted octanol–water partition coefficient (Wildman–Crippen LogP) is 1.79. The van der Waals surface area contributed by atoms with Gasteiger partial charge in [-0.1, -0.05) is 13.8 Å². The summed E-state index contributed by atoms with van der Waals surface area (Å²) in [5, 5.41) is 11.8. The van der Waals surface area contributed by atoms with E-state index in [2.05, 4.69) is 5.32 Å². The first-order chi connectivity index (χ1) is 7.58. The number of rotatable bonds is 5. The van der Waals surface area contributed by atoms with Gasteiger partial charge in [0.2, 0.25) is 5.91 Å². The second kappa shape index (κ2) is 5.87. The monoisotopic (exact) mass is 227 g/mol. The molecule has 1 aliphatic carbocycles. The van der Waals surface area contributed by atoms with Crippen LogP contribution in [0.1, 0.15) is 46.0 Å². The molecule has 16 heavy (non-hydrogen) atoms. The third-order valence-electron chi connectivity index (χ3n) is 3.48. The zero-order valence-electron chi connectivity index (χ0n) is 10.0. The Morgan fingerprint density at radius 3 is 2.25 bits per heavy atom. The van der Waals surface area contributed by atoms with Crippen LogP contribution >= 0.6 is 0 Å². The molecule has 4 nitrogen and oxygen atoms in total. The van der Waals surface area contributed by atoms with Gasteiger partial charge in [-0.15, -0.1) is 0 Å². The van der Waals surface area contributed by atoms with Crippen molar-refractivity contribution in [3.8, 4) is 0 Å². The van der Waals surface area contributed by atoms with E-state index in [0.29, 0.717) is 19.3 Å². The molecule has 0 saturated heterocycles. The average molecular weight is 227 g/mol. The second-order valence-corrected chi connectivity index (χ2v) is 4.57. The van der Waals surface area contributed by atoms with Crippen LogP contribution in [0.4, 0.5) is 0 Å².